The molecule has 0 aliphatic heterocycles. The number of urea groups is 1. The Kier molecular flexibility index (Phi) is 7.78. The molecule has 12 nitrogen and oxygen atoms in total. The van der Waals surface area contributed by atoms with Crippen molar-refractivity contribution in [1.82, 2.24) is 20.4 Å². The van der Waals surface area contributed by atoms with Crippen LogP contribution < -0.4 is 26.4 Å². The normalized spacial score (nSPS) is 11.6. The molecule has 1 atom stereocenters. The molecule has 2 heterocycles. The molecule has 2 aromatic carbocycles. The van der Waals surface area contributed by atoms with E-state index in [1.54, 1.807) is 12.1 Å². The van der Waals surface area contributed by atoms with Gasteiger partial charge in [-0.05, 0) is 31.2 Å². The van der Waals surface area contributed by atoms with Crippen molar-refractivity contribution >= 4 is 39.9 Å². The van der Waals surface area contributed by atoms with Gasteiger partial charge in [-0.15, -0.1) is 0 Å². The van der Waals surface area contributed by atoms with Gasteiger partial charge in [0.2, 0.25) is 5.82 Å². The minimum Gasteiger partial charge on any atom is -0.497 e. The summed E-state index contributed by atoms with van der Waals surface area (Å²) in [6, 6.07) is 7.20. The highest BCUT2D eigenvalue weighted by atomic mass is 32.1. The summed E-state index contributed by atoms with van der Waals surface area (Å²) >= 11 is 0.915. The van der Waals surface area contributed by atoms with Gasteiger partial charge in [0.05, 0.1) is 24.5 Å². The van der Waals surface area contributed by atoms with Crippen molar-refractivity contribution in [2.45, 2.75) is 13.0 Å². The number of rotatable bonds is 8. The average molecular weight is 546 g/mol. The van der Waals surface area contributed by atoms with Gasteiger partial charge < -0.3 is 30.7 Å². The highest BCUT2D eigenvalue weighted by molar-refractivity contribution is 7.19. The van der Waals surface area contributed by atoms with Gasteiger partial charge in [0.25, 0.3) is 11.8 Å². The molecule has 0 saturated carbocycles. The quantitative estimate of drug-likeness (QED) is 0.222. The van der Waals surface area contributed by atoms with E-state index in [2.05, 4.69) is 31.1 Å². The van der Waals surface area contributed by atoms with Crippen LogP contribution in [0, 0.1) is 11.6 Å². The van der Waals surface area contributed by atoms with E-state index in [4.69, 9.17) is 15.0 Å². The lowest BCUT2D eigenvalue weighted by Crippen LogP contribution is -2.34. The summed E-state index contributed by atoms with van der Waals surface area (Å²) in [5, 5.41) is 20.4. The number of amides is 3. The summed E-state index contributed by atoms with van der Waals surface area (Å²) in [5.74, 6) is -2.64. The molecule has 0 aliphatic rings. The second kappa shape index (κ2) is 11.2. The maximum absolute atomic E-state index is 14.6. The van der Waals surface area contributed by atoms with Gasteiger partial charge in [0.1, 0.15) is 28.1 Å². The molecule has 0 fully saturated rings. The zero-order valence-electron chi connectivity index (χ0n) is 19.9. The van der Waals surface area contributed by atoms with Crippen LogP contribution in [0.3, 0.4) is 0 Å². The summed E-state index contributed by atoms with van der Waals surface area (Å²) in [4.78, 5) is 32.8. The lowest BCUT2D eigenvalue weighted by molar-refractivity contribution is 0.102. The molecule has 0 aliphatic carbocycles. The number of carbonyl (C=O) groups is 2. The predicted octanol–water partition coefficient (Wildman–Crippen LogP) is 3.48. The Hall–Kier alpha value is -4.63. The molecule has 0 bridgehead atoms. The molecule has 15 heteroatoms. The van der Waals surface area contributed by atoms with Crippen LogP contribution in [0.1, 0.15) is 17.3 Å². The zero-order valence-corrected chi connectivity index (χ0v) is 20.7. The second-order valence-corrected chi connectivity index (χ2v) is 8.84. The number of aliphatic hydroxyl groups excluding tert-OH is 1. The summed E-state index contributed by atoms with van der Waals surface area (Å²) < 4.78 is 39.4. The lowest BCUT2D eigenvalue weighted by atomic mass is 10.1. The van der Waals surface area contributed by atoms with Crippen molar-refractivity contribution in [2.75, 3.05) is 30.0 Å². The first-order valence-corrected chi connectivity index (χ1v) is 11.7. The number of aliphatic hydroxyl groups is 1. The van der Waals surface area contributed by atoms with E-state index in [9.17, 15) is 23.5 Å². The number of hydrogen-bond acceptors (Lipinski definition) is 10. The van der Waals surface area contributed by atoms with Crippen LogP contribution in [0.4, 0.5) is 30.2 Å². The SMILES string of the molecule is COc1cccc(C(=O)Nc2cc(-c3noc(-c4sc(NC(=O)NCC(C)O)nc4N)n3)c(F)cc2F)c1. The minimum atomic E-state index is -1.01. The Balaban J connectivity index is 1.55. The zero-order chi connectivity index (χ0) is 27.4. The van der Waals surface area contributed by atoms with Crippen LogP contribution in [0.25, 0.3) is 22.2 Å². The topological polar surface area (TPSA) is 178 Å². The van der Waals surface area contributed by atoms with Crippen molar-refractivity contribution in [3.05, 3.63) is 53.6 Å². The van der Waals surface area contributed by atoms with Gasteiger partial charge in [-0.3, -0.25) is 10.1 Å². The van der Waals surface area contributed by atoms with E-state index in [-0.39, 0.29) is 50.9 Å². The molecule has 0 spiro atoms. The van der Waals surface area contributed by atoms with Crippen molar-refractivity contribution < 1.29 is 32.7 Å². The molecule has 6 N–H and O–H groups in total. The maximum Gasteiger partial charge on any atom is 0.321 e. The minimum absolute atomic E-state index is 0.0256. The van der Waals surface area contributed by atoms with Crippen molar-refractivity contribution in [3.63, 3.8) is 0 Å². The number of nitrogens with one attached hydrogen (secondary N) is 3. The number of nitrogens with zero attached hydrogens (tertiary/aromatic N) is 3. The maximum atomic E-state index is 14.6. The number of hydrogen-bond donors (Lipinski definition) is 5. The molecule has 4 rings (SSSR count). The Labute approximate surface area is 217 Å². The number of halogens is 2. The number of carbonyl (C=O) groups excluding carboxylic acids is 2. The van der Waals surface area contributed by atoms with Crippen LogP contribution >= 0.6 is 11.3 Å². The van der Waals surface area contributed by atoms with E-state index in [1.165, 1.54) is 26.2 Å². The van der Waals surface area contributed by atoms with E-state index in [0.29, 0.717) is 11.8 Å². The van der Waals surface area contributed by atoms with Gasteiger partial charge >= 0.3 is 6.03 Å². The third kappa shape index (κ3) is 6.01. The van der Waals surface area contributed by atoms with Gasteiger partial charge in [0.15, 0.2) is 5.13 Å². The molecular formula is C23H21F2N7O5S. The average Bonchev–Trinajstić information content (AvgIpc) is 3.50. The first-order valence-electron chi connectivity index (χ1n) is 10.9. The molecule has 38 heavy (non-hydrogen) atoms. The first-order chi connectivity index (χ1) is 18.1. The lowest BCUT2D eigenvalue weighted by Gasteiger charge is -2.09. The predicted molar refractivity (Wildman–Crippen MR) is 135 cm³/mol. The van der Waals surface area contributed by atoms with E-state index < -0.39 is 29.7 Å². The number of aromatic nitrogens is 3. The molecule has 0 radical (unpaired) electrons. The fourth-order valence-electron chi connectivity index (χ4n) is 3.12. The standard InChI is InChI=1S/C23H21F2N7O5S/c1-10(33)9-27-22(35)31-23-29-18(26)17(38-23)21-30-19(32-37-21)13-7-16(15(25)8-14(13)24)28-20(34)11-4-3-5-12(6-11)36-2/h3-8,10,33H,9,26H2,1-2H3,(H,28,34)(H2,27,29,31,35). The van der Waals surface area contributed by atoms with Crippen LogP contribution in [0.15, 0.2) is 40.9 Å². The Morgan fingerprint density at radius 3 is 2.71 bits per heavy atom. The van der Waals surface area contributed by atoms with Gasteiger partial charge in [-0.25, -0.2) is 18.6 Å². The van der Waals surface area contributed by atoms with Crippen molar-refractivity contribution in [3.8, 4) is 27.9 Å². The molecular weight excluding hydrogens is 524 g/mol. The van der Waals surface area contributed by atoms with Crippen LogP contribution in [0.2, 0.25) is 0 Å². The van der Waals surface area contributed by atoms with Gasteiger partial charge in [-0.1, -0.05) is 22.6 Å². The number of benzene rings is 2. The van der Waals surface area contributed by atoms with Crippen LogP contribution in [-0.4, -0.2) is 51.9 Å². The number of methoxy groups -OCH3 is 1. The first kappa shape index (κ1) is 26.4. The monoisotopic (exact) mass is 545 g/mol. The molecule has 1 unspecified atom stereocenters. The summed E-state index contributed by atoms with van der Waals surface area (Å²) in [6.07, 6.45) is -0.739. The van der Waals surface area contributed by atoms with Crippen LogP contribution in [0.5, 0.6) is 5.75 Å². The van der Waals surface area contributed by atoms with Gasteiger partial charge in [0, 0.05) is 18.2 Å². The van der Waals surface area contributed by atoms with E-state index >= 15 is 0 Å². The third-order valence-corrected chi connectivity index (χ3v) is 5.90. The summed E-state index contributed by atoms with van der Waals surface area (Å²) in [7, 11) is 1.44. The number of thiazole rings is 1. The van der Waals surface area contributed by atoms with Crippen molar-refractivity contribution in [1.29, 1.82) is 0 Å². The Morgan fingerprint density at radius 2 is 1.97 bits per heavy atom. The van der Waals surface area contributed by atoms with E-state index in [1.807, 2.05) is 0 Å². The van der Waals surface area contributed by atoms with Crippen LogP contribution in [-0.2, 0) is 0 Å². The highest BCUT2D eigenvalue weighted by Crippen LogP contribution is 2.35. The van der Waals surface area contributed by atoms with Crippen molar-refractivity contribution in [2.24, 2.45) is 0 Å². The molecule has 4 aromatic rings. The fourth-order valence-corrected chi connectivity index (χ4v) is 3.92. The number of nitrogens with two attached hydrogens (primary N) is 1. The highest BCUT2D eigenvalue weighted by Gasteiger charge is 2.22. The van der Waals surface area contributed by atoms with Gasteiger partial charge in [-0.2, -0.15) is 4.98 Å². The summed E-state index contributed by atoms with van der Waals surface area (Å²) in [5.41, 5.74) is 5.54. The Bertz CT molecular complexity index is 1490. The number of ether oxygens (including phenoxy) is 1. The molecule has 198 valence electrons. The second-order valence-electron chi connectivity index (χ2n) is 7.84. The molecule has 2 aromatic heterocycles. The molecule has 0 saturated heterocycles. The summed E-state index contributed by atoms with van der Waals surface area (Å²) in [6.45, 7) is 1.53. The largest absolute Gasteiger partial charge is 0.497 e. The van der Waals surface area contributed by atoms with E-state index in [0.717, 1.165) is 17.4 Å². The molecule has 3 amide bonds. The third-order valence-electron chi connectivity index (χ3n) is 4.93. The number of anilines is 3. The smallest absolute Gasteiger partial charge is 0.321 e. The number of nitrogen functional groups attached to an aromatic ring is 1. The Morgan fingerprint density at radius 1 is 1.18 bits per heavy atom. The fraction of sp³-hybridized carbons (Fsp3) is 0.174.